The van der Waals surface area contributed by atoms with E-state index in [2.05, 4.69) is 35.6 Å². The molecule has 4 heteroatoms. The van der Waals surface area contributed by atoms with Crippen LogP contribution >= 0.6 is 0 Å². The fourth-order valence-electron chi connectivity index (χ4n) is 4.93. The number of amides is 2. The molecule has 4 nitrogen and oxygen atoms in total. The zero-order valence-corrected chi connectivity index (χ0v) is 17.9. The van der Waals surface area contributed by atoms with E-state index in [-0.39, 0.29) is 17.7 Å². The Morgan fingerprint density at radius 1 is 1.03 bits per heavy atom. The molecule has 0 spiro atoms. The van der Waals surface area contributed by atoms with Crippen LogP contribution in [0.15, 0.2) is 54.6 Å². The lowest BCUT2D eigenvalue weighted by Gasteiger charge is -2.44. The fraction of sp³-hybridized carbons (Fsp3) is 0.462. The number of piperidine rings is 1. The van der Waals surface area contributed by atoms with Crippen LogP contribution in [0.1, 0.15) is 44.6 Å². The Labute approximate surface area is 179 Å². The SMILES string of the molecule is CCNC(=O)C1(Cc2ccccc2-c2ccccc2)CCCN(C(=O)C2CCC2)C1. The van der Waals surface area contributed by atoms with Gasteiger partial charge in [0.25, 0.3) is 0 Å². The molecule has 2 amide bonds. The predicted molar refractivity (Wildman–Crippen MR) is 120 cm³/mol. The van der Waals surface area contributed by atoms with E-state index in [0.29, 0.717) is 19.5 Å². The summed E-state index contributed by atoms with van der Waals surface area (Å²) in [6, 6.07) is 18.7. The van der Waals surface area contributed by atoms with E-state index < -0.39 is 5.41 Å². The summed E-state index contributed by atoms with van der Waals surface area (Å²) in [6.07, 6.45) is 5.49. The third kappa shape index (κ3) is 4.14. The van der Waals surface area contributed by atoms with Gasteiger partial charge in [0.1, 0.15) is 0 Å². The quantitative estimate of drug-likeness (QED) is 0.774. The minimum atomic E-state index is -0.571. The maximum atomic E-state index is 13.3. The number of hydrogen-bond donors (Lipinski definition) is 1. The highest BCUT2D eigenvalue weighted by molar-refractivity contribution is 5.86. The van der Waals surface area contributed by atoms with E-state index >= 15 is 0 Å². The van der Waals surface area contributed by atoms with Crippen molar-refractivity contribution in [1.82, 2.24) is 10.2 Å². The van der Waals surface area contributed by atoms with Crippen molar-refractivity contribution in [2.75, 3.05) is 19.6 Å². The van der Waals surface area contributed by atoms with Crippen LogP contribution in [0.4, 0.5) is 0 Å². The summed E-state index contributed by atoms with van der Waals surface area (Å²) < 4.78 is 0. The first-order valence-corrected chi connectivity index (χ1v) is 11.3. The molecule has 1 unspecified atom stereocenters. The number of carbonyl (C=O) groups excluding carboxylic acids is 2. The maximum Gasteiger partial charge on any atom is 0.228 e. The highest BCUT2D eigenvalue weighted by Gasteiger charge is 2.45. The van der Waals surface area contributed by atoms with Gasteiger partial charge in [0.2, 0.25) is 11.8 Å². The van der Waals surface area contributed by atoms with Crippen molar-refractivity contribution in [3.05, 3.63) is 60.2 Å². The van der Waals surface area contributed by atoms with E-state index in [1.807, 2.05) is 36.1 Å². The molecule has 0 bridgehead atoms. The molecule has 158 valence electrons. The number of benzene rings is 2. The van der Waals surface area contributed by atoms with Crippen LogP contribution in [-0.2, 0) is 16.0 Å². The monoisotopic (exact) mass is 404 g/mol. The zero-order chi connectivity index (χ0) is 21.0. The molecule has 2 fully saturated rings. The average Bonchev–Trinajstić information content (AvgIpc) is 2.74. The molecule has 2 aromatic rings. The van der Waals surface area contributed by atoms with Crippen LogP contribution in [0.3, 0.4) is 0 Å². The number of likely N-dealkylation sites (tertiary alicyclic amines) is 1. The molecule has 4 rings (SSSR count). The van der Waals surface area contributed by atoms with Crippen LogP contribution in [0.5, 0.6) is 0 Å². The first-order chi connectivity index (χ1) is 14.6. The first-order valence-electron chi connectivity index (χ1n) is 11.3. The molecule has 1 heterocycles. The smallest absolute Gasteiger partial charge is 0.228 e. The molecule has 2 aliphatic rings. The lowest BCUT2D eigenvalue weighted by atomic mass is 9.72. The van der Waals surface area contributed by atoms with Crippen molar-refractivity contribution >= 4 is 11.8 Å². The molecular weight excluding hydrogens is 372 g/mol. The lowest BCUT2D eigenvalue weighted by Crippen LogP contribution is -2.55. The highest BCUT2D eigenvalue weighted by Crippen LogP contribution is 2.39. The third-order valence-electron chi connectivity index (χ3n) is 6.79. The number of nitrogens with one attached hydrogen (secondary N) is 1. The van der Waals surface area contributed by atoms with Gasteiger partial charge in [-0.15, -0.1) is 0 Å². The van der Waals surface area contributed by atoms with Crippen LogP contribution < -0.4 is 5.32 Å². The van der Waals surface area contributed by atoms with Gasteiger partial charge < -0.3 is 10.2 Å². The Kier molecular flexibility index (Phi) is 6.21. The first kappa shape index (κ1) is 20.6. The van der Waals surface area contributed by atoms with Gasteiger partial charge in [-0.3, -0.25) is 9.59 Å². The molecular formula is C26H32N2O2. The van der Waals surface area contributed by atoms with Crippen molar-refractivity contribution < 1.29 is 9.59 Å². The Morgan fingerprint density at radius 3 is 2.47 bits per heavy atom. The van der Waals surface area contributed by atoms with Crippen molar-refractivity contribution in [2.45, 2.75) is 45.4 Å². The average molecular weight is 405 g/mol. The van der Waals surface area contributed by atoms with Gasteiger partial charge in [0.05, 0.1) is 5.41 Å². The topological polar surface area (TPSA) is 49.4 Å². The van der Waals surface area contributed by atoms with E-state index in [9.17, 15) is 9.59 Å². The second-order valence-corrected chi connectivity index (χ2v) is 8.83. The second-order valence-electron chi connectivity index (χ2n) is 8.83. The lowest BCUT2D eigenvalue weighted by molar-refractivity contribution is -0.146. The third-order valence-corrected chi connectivity index (χ3v) is 6.79. The number of nitrogens with zero attached hydrogens (tertiary/aromatic N) is 1. The summed E-state index contributed by atoms with van der Waals surface area (Å²) >= 11 is 0. The summed E-state index contributed by atoms with van der Waals surface area (Å²) in [5.41, 5.74) is 2.94. The van der Waals surface area contributed by atoms with Crippen LogP contribution in [0, 0.1) is 11.3 Å². The van der Waals surface area contributed by atoms with Gasteiger partial charge in [-0.2, -0.15) is 0 Å². The fourth-order valence-corrected chi connectivity index (χ4v) is 4.93. The molecule has 0 radical (unpaired) electrons. The Morgan fingerprint density at radius 2 is 1.77 bits per heavy atom. The number of rotatable bonds is 6. The normalized spacial score (nSPS) is 21.7. The van der Waals surface area contributed by atoms with E-state index in [1.165, 1.54) is 11.1 Å². The standard InChI is InChI=1S/C26H32N2O2/c1-2-27-25(30)26(16-9-17-28(19-26)24(29)21-13-8-14-21)18-22-12-6-7-15-23(22)20-10-4-3-5-11-20/h3-7,10-12,15,21H,2,8-9,13-14,16-19H2,1H3,(H,27,30). The molecule has 1 atom stereocenters. The Hall–Kier alpha value is -2.62. The van der Waals surface area contributed by atoms with Gasteiger partial charge in [0.15, 0.2) is 0 Å². The summed E-state index contributed by atoms with van der Waals surface area (Å²) in [6.45, 7) is 3.87. The largest absolute Gasteiger partial charge is 0.356 e. The molecule has 1 aliphatic carbocycles. The molecule has 1 N–H and O–H groups in total. The summed E-state index contributed by atoms with van der Waals surface area (Å²) in [5, 5.41) is 3.08. The minimum absolute atomic E-state index is 0.0824. The molecule has 30 heavy (non-hydrogen) atoms. The summed E-state index contributed by atoms with van der Waals surface area (Å²) in [5.74, 6) is 0.511. The highest BCUT2D eigenvalue weighted by atomic mass is 16.2. The van der Waals surface area contributed by atoms with Crippen molar-refractivity contribution in [3.63, 3.8) is 0 Å². The van der Waals surface area contributed by atoms with Crippen LogP contribution in [-0.4, -0.2) is 36.3 Å². The molecule has 0 aromatic heterocycles. The van der Waals surface area contributed by atoms with E-state index in [1.54, 1.807) is 0 Å². The molecule has 1 saturated carbocycles. The maximum absolute atomic E-state index is 13.3. The molecule has 1 saturated heterocycles. The van der Waals surface area contributed by atoms with Crippen molar-refractivity contribution in [2.24, 2.45) is 11.3 Å². The number of hydrogen-bond acceptors (Lipinski definition) is 2. The van der Waals surface area contributed by atoms with Gasteiger partial charge in [-0.05, 0) is 55.7 Å². The van der Waals surface area contributed by atoms with Crippen LogP contribution in [0.25, 0.3) is 11.1 Å². The molecule has 2 aromatic carbocycles. The Bertz CT molecular complexity index is 891. The van der Waals surface area contributed by atoms with Gasteiger partial charge in [-0.25, -0.2) is 0 Å². The summed E-state index contributed by atoms with van der Waals surface area (Å²) in [7, 11) is 0. The Balaban J connectivity index is 1.65. The number of carbonyl (C=O) groups is 2. The van der Waals surface area contributed by atoms with Crippen LogP contribution in [0.2, 0.25) is 0 Å². The van der Waals surface area contributed by atoms with Crippen molar-refractivity contribution in [1.29, 1.82) is 0 Å². The zero-order valence-electron chi connectivity index (χ0n) is 17.9. The summed E-state index contributed by atoms with van der Waals surface area (Å²) in [4.78, 5) is 28.3. The predicted octanol–water partition coefficient (Wildman–Crippen LogP) is 4.44. The van der Waals surface area contributed by atoms with Gasteiger partial charge >= 0.3 is 0 Å². The minimum Gasteiger partial charge on any atom is -0.356 e. The van der Waals surface area contributed by atoms with Crippen molar-refractivity contribution in [3.8, 4) is 11.1 Å². The second kappa shape index (κ2) is 9.03. The van der Waals surface area contributed by atoms with E-state index in [0.717, 1.165) is 44.2 Å². The van der Waals surface area contributed by atoms with Gasteiger partial charge in [0, 0.05) is 25.6 Å². The van der Waals surface area contributed by atoms with E-state index in [4.69, 9.17) is 0 Å². The van der Waals surface area contributed by atoms with Gasteiger partial charge in [-0.1, -0.05) is 61.0 Å². The molecule has 1 aliphatic heterocycles.